The van der Waals surface area contributed by atoms with Gasteiger partial charge in [-0.2, -0.15) is 0 Å². The minimum absolute atomic E-state index is 0.544. The summed E-state index contributed by atoms with van der Waals surface area (Å²) in [5.41, 5.74) is 2.39. The molecular formula is C18H22ClNO. The standard InChI is InChI=1S/C18H22ClNO/c1-14(2)13-21-18-9-7-17(8-10-18)20-12-11-15-3-5-16(19)6-4-15/h3-10,14,20H,11-13H2,1-2H3. The SMILES string of the molecule is CC(C)COc1ccc(NCCc2ccc(Cl)cc2)cc1. The molecule has 0 aliphatic heterocycles. The highest BCUT2D eigenvalue weighted by molar-refractivity contribution is 6.30. The topological polar surface area (TPSA) is 21.3 Å². The monoisotopic (exact) mass is 303 g/mol. The quantitative estimate of drug-likeness (QED) is 0.774. The van der Waals surface area contributed by atoms with Crippen LogP contribution in [0.1, 0.15) is 19.4 Å². The number of hydrogen-bond acceptors (Lipinski definition) is 2. The van der Waals surface area contributed by atoms with Crippen LogP contribution in [0.2, 0.25) is 5.02 Å². The molecule has 0 aliphatic carbocycles. The van der Waals surface area contributed by atoms with Gasteiger partial charge < -0.3 is 10.1 Å². The fourth-order valence-corrected chi connectivity index (χ4v) is 2.06. The van der Waals surface area contributed by atoms with Gasteiger partial charge in [0.2, 0.25) is 0 Å². The maximum Gasteiger partial charge on any atom is 0.119 e. The van der Waals surface area contributed by atoms with Gasteiger partial charge in [0.1, 0.15) is 5.75 Å². The largest absolute Gasteiger partial charge is 0.493 e. The molecule has 0 atom stereocenters. The Morgan fingerprint density at radius 1 is 1.00 bits per heavy atom. The molecule has 0 radical (unpaired) electrons. The molecule has 0 saturated carbocycles. The third-order valence-corrected chi connectivity index (χ3v) is 3.35. The molecule has 2 aromatic carbocycles. The van der Waals surface area contributed by atoms with Crippen LogP contribution in [0.4, 0.5) is 5.69 Å². The van der Waals surface area contributed by atoms with Crippen molar-refractivity contribution >= 4 is 17.3 Å². The maximum absolute atomic E-state index is 5.87. The van der Waals surface area contributed by atoms with E-state index >= 15 is 0 Å². The Labute approximate surface area is 132 Å². The maximum atomic E-state index is 5.87. The van der Waals surface area contributed by atoms with E-state index in [0.29, 0.717) is 5.92 Å². The number of hydrogen-bond donors (Lipinski definition) is 1. The van der Waals surface area contributed by atoms with E-state index in [2.05, 4.69) is 43.4 Å². The van der Waals surface area contributed by atoms with Crippen LogP contribution in [0.3, 0.4) is 0 Å². The number of ether oxygens (including phenoxy) is 1. The predicted octanol–water partition coefficient (Wildman–Crippen LogP) is 5.03. The predicted molar refractivity (Wildman–Crippen MR) is 90.4 cm³/mol. The molecule has 0 saturated heterocycles. The first-order valence-corrected chi connectivity index (χ1v) is 7.72. The van der Waals surface area contributed by atoms with Crippen molar-refractivity contribution in [3.63, 3.8) is 0 Å². The molecule has 112 valence electrons. The second-order valence-corrected chi connectivity index (χ2v) is 5.97. The van der Waals surface area contributed by atoms with E-state index in [4.69, 9.17) is 16.3 Å². The van der Waals surface area contributed by atoms with Crippen molar-refractivity contribution in [1.82, 2.24) is 0 Å². The lowest BCUT2D eigenvalue weighted by Gasteiger charge is -2.10. The van der Waals surface area contributed by atoms with E-state index in [-0.39, 0.29) is 0 Å². The average molecular weight is 304 g/mol. The van der Waals surface area contributed by atoms with E-state index in [9.17, 15) is 0 Å². The molecule has 2 nitrogen and oxygen atoms in total. The van der Waals surface area contributed by atoms with Gasteiger partial charge in [0.15, 0.2) is 0 Å². The van der Waals surface area contributed by atoms with Crippen molar-refractivity contribution < 1.29 is 4.74 Å². The smallest absolute Gasteiger partial charge is 0.119 e. The summed E-state index contributed by atoms with van der Waals surface area (Å²) in [6.45, 7) is 5.94. The lowest BCUT2D eigenvalue weighted by Crippen LogP contribution is -2.06. The number of anilines is 1. The Hall–Kier alpha value is -1.67. The first-order valence-electron chi connectivity index (χ1n) is 7.34. The average Bonchev–Trinajstić information content (AvgIpc) is 2.48. The first kappa shape index (κ1) is 15.7. The summed E-state index contributed by atoms with van der Waals surface area (Å²) in [6, 6.07) is 16.1. The summed E-state index contributed by atoms with van der Waals surface area (Å²) in [5.74, 6) is 1.47. The molecule has 0 fully saturated rings. The Kier molecular flexibility index (Phi) is 5.94. The van der Waals surface area contributed by atoms with E-state index in [1.54, 1.807) is 0 Å². The fourth-order valence-electron chi connectivity index (χ4n) is 1.93. The van der Waals surface area contributed by atoms with E-state index in [0.717, 1.165) is 36.0 Å². The molecule has 0 heterocycles. The highest BCUT2D eigenvalue weighted by Crippen LogP contribution is 2.16. The van der Waals surface area contributed by atoms with Crippen LogP contribution < -0.4 is 10.1 Å². The molecule has 0 aliphatic rings. The second-order valence-electron chi connectivity index (χ2n) is 5.53. The molecule has 0 spiro atoms. The highest BCUT2D eigenvalue weighted by atomic mass is 35.5. The second kappa shape index (κ2) is 7.94. The van der Waals surface area contributed by atoms with E-state index < -0.39 is 0 Å². The normalized spacial score (nSPS) is 10.7. The van der Waals surface area contributed by atoms with Gasteiger partial charge in [-0.05, 0) is 54.3 Å². The van der Waals surface area contributed by atoms with Crippen molar-refractivity contribution in [2.75, 3.05) is 18.5 Å². The van der Waals surface area contributed by atoms with Crippen molar-refractivity contribution in [3.8, 4) is 5.75 Å². The van der Waals surface area contributed by atoms with Crippen molar-refractivity contribution in [2.45, 2.75) is 20.3 Å². The number of halogens is 1. The molecule has 2 aromatic rings. The molecule has 0 bridgehead atoms. The lowest BCUT2D eigenvalue weighted by atomic mass is 10.1. The van der Waals surface area contributed by atoms with Crippen molar-refractivity contribution in [3.05, 3.63) is 59.1 Å². The van der Waals surface area contributed by atoms with Gasteiger partial charge in [-0.25, -0.2) is 0 Å². The number of benzene rings is 2. The van der Waals surface area contributed by atoms with Gasteiger partial charge >= 0.3 is 0 Å². The van der Waals surface area contributed by atoms with Crippen molar-refractivity contribution in [1.29, 1.82) is 0 Å². The fraction of sp³-hybridized carbons (Fsp3) is 0.333. The van der Waals surface area contributed by atoms with Gasteiger partial charge in [-0.1, -0.05) is 37.6 Å². The molecular weight excluding hydrogens is 282 g/mol. The van der Waals surface area contributed by atoms with E-state index in [1.165, 1.54) is 5.56 Å². The summed E-state index contributed by atoms with van der Waals surface area (Å²) in [7, 11) is 0. The number of rotatable bonds is 7. The lowest BCUT2D eigenvalue weighted by molar-refractivity contribution is 0.271. The summed E-state index contributed by atoms with van der Waals surface area (Å²) in [4.78, 5) is 0. The third-order valence-electron chi connectivity index (χ3n) is 3.09. The van der Waals surface area contributed by atoms with Crippen LogP contribution in [-0.2, 0) is 6.42 Å². The minimum atomic E-state index is 0.544. The molecule has 2 rings (SSSR count). The molecule has 0 aromatic heterocycles. The van der Waals surface area contributed by atoms with Crippen LogP contribution >= 0.6 is 11.6 Å². The zero-order valence-corrected chi connectivity index (χ0v) is 13.4. The summed E-state index contributed by atoms with van der Waals surface area (Å²) in [5, 5.41) is 4.19. The number of nitrogens with one attached hydrogen (secondary N) is 1. The Balaban J connectivity index is 1.77. The Bertz CT molecular complexity index is 534. The summed E-state index contributed by atoms with van der Waals surface area (Å²) >= 11 is 5.87. The van der Waals surface area contributed by atoms with Crippen molar-refractivity contribution in [2.24, 2.45) is 5.92 Å². The third kappa shape index (κ3) is 5.68. The molecule has 0 amide bonds. The highest BCUT2D eigenvalue weighted by Gasteiger charge is 1.98. The molecule has 1 N–H and O–H groups in total. The van der Waals surface area contributed by atoms with Gasteiger partial charge in [-0.15, -0.1) is 0 Å². The van der Waals surface area contributed by atoms with E-state index in [1.807, 2.05) is 24.3 Å². The van der Waals surface area contributed by atoms with Gasteiger partial charge in [-0.3, -0.25) is 0 Å². The molecule has 3 heteroatoms. The first-order chi connectivity index (χ1) is 10.1. The molecule has 21 heavy (non-hydrogen) atoms. The van der Waals surface area contributed by atoms with Crippen LogP contribution in [0.25, 0.3) is 0 Å². The van der Waals surface area contributed by atoms with Crippen LogP contribution in [-0.4, -0.2) is 13.2 Å². The van der Waals surface area contributed by atoms with Crippen LogP contribution in [0, 0.1) is 5.92 Å². The summed E-state index contributed by atoms with van der Waals surface area (Å²) < 4.78 is 5.67. The molecule has 0 unspecified atom stereocenters. The zero-order chi connectivity index (χ0) is 15.1. The minimum Gasteiger partial charge on any atom is -0.493 e. The summed E-state index contributed by atoms with van der Waals surface area (Å²) in [6.07, 6.45) is 0.975. The van der Waals surface area contributed by atoms with Crippen LogP contribution in [0.5, 0.6) is 5.75 Å². The van der Waals surface area contributed by atoms with Gasteiger partial charge in [0.25, 0.3) is 0 Å². The Morgan fingerprint density at radius 3 is 2.29 bits per heavy atom. The van der Waals surface area contributed by atoms with Gasteiger partial charge in [0.05, 0.1) is 6.61 Å². The van der Waals surface area contributed by atoms with Gasteiger partial charge in [0, 0.05) is 17.3 Å². The van der Waals surface area contributed by atoms with Crippen LogP contribution in [0.15, 0.2) is 48.5 Å². The zero-order valence-electron chi connectivity index (χ0n) is 12.6. The Morgan fingerprint density at radius 2 is 1.67 bits per heavy atom.